The lowest BCUT2D eigenvalue weighted by Crippen LogP contribution is -2.32. The van der Waals surface area contributed by atoms with Gasteiger partial charge in [0.15, 0.2) is 9.84 Å². The van der Waals surface area contributed by atoms with Crippen molar-refractivity contribution < 1.29 is 18.3 Å². The van der Waals surface area contributed by atoms with Gasteiger partial charge in [-0.15, -0.1) is 0 Å². The summed E-state index contributed by atoms with van der Waals surface area (Å²) in [6.07, 6.45) is 1.32. The lowest BCUT2D eigenvalue weighted by molar-refractivity contribution is 0.106. The Labute approximate surface area is 153 Å². The Balaban J connectivity index is 1.67. The standard InChI is InChI=1S/C18H22ClNO4S/c1-25(22,23)18-7-5-17(6-8-18)24-13-16(21)12-20-10-9-14-3-2-4-15(19)11-14/h2-8,11,16,20-21H,9-10,12-13H2,1H3. The minimum Gasteiger partial charge on any atom is -0.491 e. The van der Waals surface area contributed by atoms with Crippen LogP contribution in [0.2, 0.25) is 5.02 Å². The molecule has 2 aromatic rings. The normalized spacial score (nSPS) is 12.8. The zero-order chi connectivity index (χ0) is 18.3. The molecular formula is C18H22ClNO4S. The van der Waals surface area contributed by atoms with Crippen LogP contribution < -0.4 is 10.1 Å². The summed E-state index contributed by atoms with van der Waals surface area (Å²) in [7, 11) is -3.21. The highest BCUT2D eigenvalue weighted by Crippen LogP contribution is 2.16. The minimum absolute atomic E-state index is 0.127. The van der Waals surface area contributed by atoms with E-state index in [1.54, 1.807) is 12.1 Å². The third-order valence-corrected chi connectivity index (χ3v) is 4.92. The van der Waals surface area contributed by atoms with Crippen LogP contribution >= 0.6 is 11.6 Å². The Hall–Kier alpha value is -1.60. The first kappa shape index (κ1) is 19.7. The fourth-order valence-electron chi connectivity index (χ4n) is 2.23. The molecule has 0 bridgehead atoms. The van der Waals surface area contributed by atoms with Crippen LogP contribution in [0.5, 0.6) is 5.75 Å². The van der Waals surface area contributed by atoms with Crippen molar-refractivity contribution in [1.29, 1.82) is 0 Å². The van der Waals surface area contributed by atoms with E-state index >= 15 is 0 Å². The predicted molar refractivity (Wildman–Crippen MR) is 99.1 cm³/mol. The van der Waals surface area contributed by atoms with Gasteiger partial charge in [-0.3, -0.25) is 0 Å². The molecule has 2 aromatic carbocycles. The van der Waals surface area contributed by atoms with Crippen molar-refractivity contribution in [2.75, 3.05) is 26.0 Å². The van der Waals surface area contributed by atoms with Gasteiger partial charge in [0.2, 0.25) is 0 Å². The molecule has 0 heterocycles. The number of sulfone groups is 1. The molecule has 0 saturated heterocycles. The predicted octanol–water partition coefficient (Wildman–Crippen LogP) is 2.32. The van der Waals surface area contributed by atoms with Gasteiger partial charge in [0.25, 0.3) is 0 Å². The number of hydrogen-bond acceptors (Lipinski definition) is 5. The van der Waals surface area contributed by atoms with E-state index in [-0.39, 0.29) is 11.5 Å². The molecule has 0 aliphatic carbocycles. The Bertz CT molecular complexity index is 778. The second kappa shape index (κ2) is 9.20. The first-order chi connectivity index (χ1) is 11.8. The second-order valence-electron chi connectivity index (χ2n) is 5.79. The average Bonchev–Trinajstić information content (AvgIpc) is 2.56. The molecule has 1 atom stereocenters. The third-order valence-electron chi connectivity index (χ3n) is 3.55. The van der Waals surface area contributed by atoms with Crippen LogP contribution in [-0.4, -0.2) is 45.6 Å². The molecule has 0 aliphatic rings. The summed E-state index contributed by atoms with van der Waals surface area (Å²) in [6, 6.07) is 13.8. The van der Waals surface area contributed by atoms with Gasteiger partial charge >= 0.3 is 0 Å². The molecule has 0 spiro atoms. The third kappa shape index (κ3) is 7.04. The Morgan fingerprint density at radius 2 is 1.92 bits per heavy atom. The number of hydrogen-bond donors (Lipinski definition) is 2. The highest BCUT2D eigenvalue weighted by molar-refractivity contribution is 7.90. The van der Waals surface area contributed by atoms with Gasteiger partial charge in [0.1, 0.15) is 18.5 Å². The number of benzene rings is 2. The quantitative estimate of drug-likeness (QED) is 0.650. The number of nitrogens with one attached hydrogen (secondary N) is 1. The second-order valence-corrected chi connectivity index (χ2v) is 8.24. The van der Waals surface area contributed by atoms with Crippen LogP contribution in [0, 0.1) is 0 Å². The first-order valence-electron chi connectivity index (χ1n) is 7.91. The molecule has 0 amide bonds. The number of ether oxygens (including phenoxy) is 1. The summed E-state index contributed by atoms with van der Waals surface area (Å²) in [5.74, 6) is 0.519. The van der Waals surface area contributed by atoms with E-state index in [1.165, 1.54) is 12.1 Å². The smallest absolute Gasteiger partial charge is 0.175 e. The summed E-state index contributed by atoms with van der Waals surface area (Å²) >= 11 is 5.93. The van der Waals surface area contributed by atoms with Gasteiger partial charge in [-0.05, 0) is 54.9 Å². The van der Waals surface area contributed by atoms with Gasteiger partial charge in [-0.1, -0.05) is 23.7 Å². The van der Waals surface area contributed by atoms with Crippen molar-refractivity contribution in [3.8, 4) is 5.75 Å². The van der Waals surface area contributed by atoms with Crippen LogP contribution in [-0.2, 0) is 16.3 Å². The Kier molecular flexibility index (Phi) is 7.25. The van der Waals surface area contributed by atoms with E-state index < -0.39 is 15.9 Å². The molecule has 0 fully saturated rings. The summed E-state index contributed by atoms with van der Waals surface area (Å²) in [5.41, 5.74) is 1.14. The molecule has 0 aliphatic heterocycles. The molecule has 136 valence electrons. The monoisotopic (exact) mass is 383 g/mol. The van der Waals surface area contributed by atoms with Crippen molar-refractivity contribution in [3.63, 3.8) is 0 Å². The summed E-state index contributed by atoms with van der Waals surface area (Å²) in [6.45, 7) is 1.25. The maximum Gasteiger partial charge on any atom is 0.175 e. The van der Waals surface area contributed by atoms with Gasteiger partial charge in [-0.25, -0.2) is 8.42 Å². The van der Waals surface area contributed by atoms with Crippen LogP contribution in [0.3, 0.4) is 0 Å². The molecule has 2 N–H and O–H groups in total. The van der Waals surface area contributed by atoms with Crippen LogP contribution in [0.4, 0.5) is 0 Å². The number of aliphatic hydroxyl groups is 1. The van der Waals surface area contributed by atoms with Crippen molar-refractivity contribution in [2.45, 2.75) is 17.4 Å². The topological polar surface area (TPSA) is 75.6 Å². The fraction of sp³-hybridized carbons (Fsp3) is 0.333. The van der Waals surface area contributed by atoms with E-state index in [2.05, 4.69) is 5.32 Å². The number of halogens is 1. The maximum absolute atomic E-state index is 11.4. The van der Waals surface area contributed by atoms with Gasteiger partial charge in [0.05, 0.1) is 4.90 Å². The summed E-state index contributed by atoms with van der Waals surface area (Å²) in [5, 5.41) is 13.8. The van der Waals surface area contributed by atoms with Gasteiger partial charge in [-0.2, -0.15) is 0 Å². The molecule has 7 heteroatoms. The molecule has 25 heavy (non-hydrogen) atoms. The minimum atomic E-state index is -3.21. The molecule has 1 unspecified atom stereocenters. The Morgan fingerprint density at radius 1 is 1.20 bits per heavy atom. The lowest BCUT2D eigenvalue weighted by Gasteiger charge is -2.13. The highest BCUT2D eigenvalue weighted by atomic mass is 35.5. The molecule has 0 saturated carbocycles. The summed E-state index contributed by atoms with van der Waals surface area (Å²) in [4.78, 5) is 0.239. The van der Waals surface area contributed by atoms with Gasteiger partial charge < -0.3 is 15.2 Å². The number of rotatable bonds is 9. The van der Waals surface area contributed by atoms with Crippen molar-refractivity contribution >= 4 is 21.4 Å². The SMILES string of the molecule is CS(=O)(=O)c1ccc(OCC(O)CNCCc2cccc(Cl)c2)cc1. The van der Waals surface area contributed by atoms with Crippen LogP contribution in [0.15, 0.2) is 53.4 Å². The number of aliphatic hydroxyl groups excluding tert-OH is 1. The average molecular weight is 384 g/mol. The van der Waals surface area contributed by atoms with Crippen LogP contribution in [0.25, 0.3) is 0 Å². The molecule has 2 rings (SSSR count). The maximum atomic E-state index is 11.4. The van der Waals surface area contributed by atoms with Crippen molar-refractivity contribution in [1.82, 2.24) is 5.32 Å². The zero-order valence-electron chi connectivity index (χ0n) is 14.0. The fourth-order valence-corrected chi connectivity index (χ4v) is 3.07. The van der Waals surface area contributed by atoms with E-state index in [9.17, 15) is 13.5 Å². The molecule has 0 aromatic heterocycles. The zero-order valence-corrected chi connectivity index (χ0v) is 15.6. The highest BCUT2D eigenvalue weighted by Gasteiger charge is 2.08. The van der Waals surface area contributed by atoms with Crippen LogP contribution in [0.1, 0.15) is 5.56 Å². The van der Waals surface area contributed by atoms with Crippen molar-refractivity contribution in [2.24, 2.45) is 0 Å². The van der Waals surface area contributed by atoms with E-state index in [1.807, 2.05) is 24.3 Å². The molecule has 0 radical (unpaired) electrons. The molecule has 5 nitrogen and oxygen atoms in total. The van der Waals surface area contributed by atoms with Crippen molar-refractivity contribution in [3.05, 3.63) is 59.1 Å². The van der Waals surface area contributed by atoms with Gasteiger partial charge in [0, 0.05) is 17.8 Å². The van der Waals surface area contributed by atoms with E-state index in [4.69, 9.17) is 16.3 Å². The largest absolute Gasteiger partial charge is 0.491 e. The Morgan fingerprint density at radius 3 is 2.56 bits per heavy atom. The van der Waals surface area contributed by atoms with E-state index in [0.717, 1.165) is 24.8 Å². The lowest BCUT2D eigenvalue weighted by atomic mass is 10.1. The summed E-state index contributed by atoms with van der Waals surface area (Å²) < 4.78 is 28.2. The first-order valence-corrected chi connectivity index (χ1v) is 10.2. The van der Waals surface area contributed by atoms with E-state index in [0.29, 0.717) is 17.3 Å². The molecular weight excluding hydrogens is 362 g/mol.